The standard InChI is InChI=1S/C12H16N4O3S/c1-12(2,19-3)9-4-5-14-11(6-9)16-8-10(7-15-16)20(13,17)18/h4-8H,1-3H3,(H2,13,17,18). The second-order valence-corrected chi connectivity index (χ2v) is 6.34. The first kappa shape index (κ1) is 14.6. The van der Waals surface area contributed by atoms with E-state index >= 15 is 0 Å². The van der Waals surface area contributed by atoms with Gasteiger partial charge in [0.1, 0.15) is 4.90 Å². The number of methoxy groups -OCH3 is 1. The van der Waals surface area contributed by atoms with Crippen LogP contribution in [0.3, 0.4) is 0 Å². The molecule has 0 saturated heterocycles. The van der Waals surface area contributed by atoms with Gasteiger partial charge in [0.25, 0.3) is 0 Å². The summed E-state index contributed by atoms with van der Waals surface area (Å²) in [5.74, 6) is 0.488. The topological polar surface area (TPSA) is 100 Å². The number of rotatable bonds is 4. The van der Waals surface area contributed by atoms with Crippen molar-refractivity contribution in [3.05, 3.63) is 36.3 Å². The van der Waals surface area contributed by atoms with Gasteiger partial charge in [-0.05, 0) is 31.5 Å². The van der Waals surface area contributed by atoms with Gasteiger partial charge in [-0.1, -0.05) is 0 Å². The molecule has 2 aromatic heterocycles. The van der Waals surface area contributed by atoms with Gasteiger partial charge in [-0.25, -0.2) is 23.2 Å². The summed E-state index contributed by atoms with van der Waals surface area (Å²) in [4.78, 5) is 4.10. The molecule has 0 amide bonds. The number of sulfonamides is 1. The summed E-state index contributed by atoms with van der Waals surface area (Å²) in [5, 5.41) is 9.00. The van der Waals surface area contributed by atoms with E-state index in [9.17, 15) is 8.42 Å². The second kappa shape index (κ2) is 4.97. The molecule has 8 heteroatoms. The SMILES string of the molecule is COC(C)(C)c1ccnc(-n2cc(S(N)(=O)=O)cn2)c1. The number of aromatic nitrogens is 3. The predicted molar refractivity (Wildman–Crippen MR) is 72.8 cm³/mol. The lowest BCUT2D eigenvalue weighted by molar-refractivity contribution is 0.0191. The Balaban J connectivity index is 2.44. The summed E-state index contributed by atoms with van der Waals surface area (Å²) in [5.41, 5.74) is 0.422. The molecule has 0 aliphatic heterocycles. The van der Waals surface area contributed by atoms with Crippen LogP contribution in [0.2, 0.25) is 0 Å². The average molecular weight is 296 g/mol. The summed E-state index contributed by atoms with van der Waals surface area (Å²) in [6.45, 7) is 3.84. The average Bonchev–Trinajstić information content (AvgIpc) is 2.88. The number of hydrogen-bond acceptors (Lipinski definition) is 5. The molecule has 0 aliphatic carbocycles. The highest BCUT2D eigenvalue weighted by Crippen LogP contribution is 2.24. The lowest BCUT2D eigenvalue weighted by Gasteiger charge is -2.23. The first-order chi connectivity index (χ1) is 9.24. The van der Waals surface area contributed by atoms with Crippen molar-refractivity contribution in [3.8, 4) is 5.82 Å². The molecule has 0 unspecified atom stereocenters. The molecule has 2 aromatic rings. The maximum absolute atomic E-state index is 11.2. The Hall–Kier alpha value is -1.77. The molecule has 0 fully saturated rings. The Kier molecular flexibility index (Phi) is 3.63. The fraction of sp³-hybridized carbons (Fsp3) is 0.333. The molecular weight excluding hydrogens is 280 g/mol. The Morgan fingerprint density at radius 2 is 2.10 bits per heavy atom. The number of ether oxygens (including phenoxy) is 1. The third-order valence-electron chi connectivity index (χ3n) is 3.07. The fourth-order valence-corrected chi connectivity index (χ4v) is 2.06. The van der Waals surface area contributed by atoms with Gasteiger partial charge >= 0.3 is 0 Å². The highest BCUT2D eigenvalue weighted by atomic mass is 32.2. The minimum atomic E-state index is -3.77. The molecule has 0 atom stereocenters. The molecule has 2 N–H and O–H groups in total. The van der Waals surface area contributed by atoms with Crippen LogP contribution in [0.15, 0.2) is 35.6 Å². The molecule has 0 aromatic carbocycles. The van der Waals surface area contributed by atoms with Crippen LogP contribution in [0.5, 0.6) is 0 Å². The van der Waals surface area contributed by atoms with E-state index in [-0.39, 0.29) is 4.90 Å². The van der Waals surface area contributed by atoms with Crippen molar-refractivity contribution in [3.63, 3.8) is 0 Å². The molecule has 108 valence electrons. The van der Waals surface area contributed by atoms with E-state index in [1.807, 2.05) is 19.9 Å². The third-order valence-corrected chi connectivity index (χ3v) is 3.94. The number of hydrogen-bond donors (Lipinski definition) is 1. The van der Waals surface area contributed by atoms with Gasteiger partial charge in [0, 0.05) is 13.3 Å². The lowest BCUT2D eigenvalue weighted by atomic mass is 9.99. The molecule has 0 aliphatic rings. The van der Waals surface area contributed by atoms with Crippen LogP contribution < -0.4 is 5.14 Å². The molecule has 0 bridgehead atoms. The maximum Gasteiger partial charge on any atom is 0.241 e. The Bertz CT molecular complexity index is 722. The van der Waals surface area contributed by atoms with E-state index < -0.39 is 15.6 Å². The second-order valence-electron chi connectivity index (χ2n) is 4.78. The van der Waals surface area contributed by atoms with E-state index in [1.165, 1.54) is 17.1 Å². The van der Waals surface area contributed by atoms with Crippen molar-refractivity contribution < 1.29 is 13.2 Å². The Morgan fingerprint density at radius 3 is 2.65 bits per heavy atom. The van der Waals surface area contributed by atoms with Crippen LogP contribution in [-0.2, 0) is 20.4 Å². The van der Waals surface area contributed by atoms with Crippen molar-refractivity contribution in [1.82, 2.24) is 14.8 Å². The van der Waals surface area contributed by atoms with Crippen LogP contribution >= 0.6 is 0 Å². The number of nitrogens with zero attached hydrogens (tertiary/aromatic N) is 3. The summed E-state index contributed by atoms with van der Waals surface area (Å²) < 4.78 is 29.2. The Labute approximate surface area is 117 Å². The van der Waals surface area contributed by atoms with Gasteiger partial charge in [-0.2, -0.15) is 5.10 Å². The van der Waals surface area contributed by atoms with Crippen LogP contribution in [0.4, 0.5) is 0 Å². The molecule has 2 rings (SSSR count). The highest BCUT2D eigenvalue weighted by molar-refractivity contribution is 7.89. The maximum atomic E-state index is 11.2. The molecule has 20 heavy (non-hydrogen) atoms. The number of primary sulfonamides is 1. The van der Waals surface area contributed by atoms with E-state index in [4.69, 9.17) is 9.88 Å². The molecule has 2 heterocycles. The number of nitrogens with two attached hydrogens (primary N) is 1. The smallest absolute Gasteiger partial charge is 0.241 e. The van der Waals surface area contributed by atoms with Crippen molar-refractivity contribution >= 4 is 10.0 Å². The Morgan fingerprint density at radius 1 is 1.40 bits per heavy atom. The van der Waals surface area contributed by atoms with Crippen LogP contribution in [-0.4, -0.2) is 30.3 Å². The first-order valence-electron chi connectivity index (χ1n) is 5.83. The van der Waals surface area contributed by atoms with E-state index in [0.717, 1.165) is 5.56 Å². The van der Waals surface area contributed by atoms with Gasteiger partial charge in [0.15, 0.2) is 5.82 Å². The first-order valence-corrected chi connectivity index (χ1v) is 7.38. The molecule has 0 radical (unpaired) electrons. The molecule has 7 nitrogen and oxygen atoms in total. The normalized spacial score (nSPS) is 12.6. The zero-order valence-electron chi connectivity index (χ0n) is 11.4. The number of pyridine rings is 1. The quantitative estimate of drug-likeness (QED) is 0.899. The van der Waals surface area contributed by atoms with E-state index in [2.05, 4.69) is 10.1 Å². The van der Waals surface area contributed by atoms with Crippen LogP contribution in [0.25, 0.3) is 5.82 Å². The summed E-state index contributed by atoms with van der Waals surface area (Å²) in [7, 11) is -2.15. The predicted octanol–water partition coefficient (Wildman–Crippen LogP) is 0.796. The van der Waals surface area contributed by atoms with Crippen molar-refractivity contribution in [1.29, 1.82) is 0 Å². The van der Waals surface area contributed by atoms with Gasteiger partial charge in [0.05, 0.1) is 18.0 Å². The van der Waals surface area contributed by atoms with Crippen LogP contribution in [0, 0.1) is 0 Å². The highest BCUT2D eigenvalue weighted by Gasteiger charge is 2.20. The monoisotopic (exact) mass is 296 g/mol. The zero-order chi connectivity index (χ0) is 15.0. The largest absolute Gasteiger partial charge is 0.374 e. The fourth-order valence-electron chi connectivity index (χ4n) is 1.61. The van der Waals surface area contributed by atoms with Crippen LogP contribution in [0.1, 0.15) is 19.4 Å². The minimum absolute atomic E-state index is 0.0595. The van der Waals surface area contributed by atoms with E-state index in [0.29, 0.717) is 5.82 Å². The summed E-state index contributed by atoms with van der Waals surface area (Å²) >= 11 is 0. The summed E-state index contributed by atoms with van der Waals surface area (Å²) in [6.07, 6.45) is 4.12. The summed E-state index contributed by atoms with van der Waals surface area (Å²) in [6, 6.07) is 3.61. The van der Waals surface area contributed by atoms with Gasteiger partial charge in [-0.3, -0.25) is 0 Å². The van der Waals surface area contributed by atoms with Crippen molar-refractivity contribution in [2.24, 2.45) is 5.14 Å². The van der Waals surface area contributed by atoms with E-state index in [1.54, 1.807) is 19.4 Å². The molecule has 0 spiro atoms. The van der Waals surface area contributed by atoms with Gasteiger partial charge in [0.2, 0.25) is 10.0 Å². The van der Waals surface area contributed by atoms with Gasteiger partial charge < -0.3 is 4.74 Å². The van der Waals surface area contributed by atoms with Crippen molar-refractivity contribution in [2.75, 3.05) is 7.11 Å². The zero-order valence-corrected chi connectivity index (χ0v) is 12.3. The van der Waals surface area contributed by atoms with Gasteiger partial charge in [-0.15, -0.1) is 0 Å². The minimum Gasteiger partial charge on any atom is -0.374 e. The molecular formula is C12H16N4O3S. The molecule has 0 saturated carbocycles. The lowest BCUT2D eigenvalue weighted by Crippen LogP contribution is -2.20. The third kappa shape index (κ3) is 2.87. The van der Waals surface area contributed by atoms with Crippen molar-refractivity contribution in [2.45, 2.75) is 24.3 Å².